The average molecular weight is 292 g/mol. The van der Waals surface area contributed by atoms with Crippen molar-refractivity contribution in [2.75, 3.05) is 20.6 Å². The van der Waals surface area contributed by atoms with Crippen LogP contribution in [0.1, 0.15) is 31.4 Å². The highest BCUT2D eigenvalue weighted by Crippen LogP contribution is 2.09. The molecule has 0 spiro atoms. The smallest absolute Gasteiger partial charge is 0.170 e. The van der Waals surface area contributed by atoms with E-state index in [1.165, 1.54) is 0 Å². The van der Waals surface area contributed by atoms with Gasteiger partial charge in [-0.15, -0.1) is 0 Å². The Hall–Kier alpha value is -1.59. The largest absolute Gasteiger partial charge is 0.409 e. The molecule has 21 heavy (non-hydrogen) atoms. The molecule has 0 aromatic heterocycles. The molecule has 0 aliphatic rings. The molecule has 5 heteroatoms. The summed E-state index contributed by atoms with van der Waals surface area (Å²) in [6.45, 7) is 6.27. The molecule has 0 saturated heterocycles. The third kappa shape index (κ3) is 6.60. The van der Waals surface area contributed by atoms with E-state index in [2.05, 4.69) is 43.3 Å². The van der Waals surface area contributed by atoms with E-state index < -0.39 is 0 Å². The van der Waals surface area contributed by atoms with Crippen LogP contribution in [0.2, 0.25) is 0 Å². The molecule has 0 aliphatic carbocycles. The number of oxime groups is 1. The third-order valence-electron chi connectivity index (χ3n) is 3.27. The lowest BCUT2D eigenvalue weighted by Crippen LogP contribution is -2.38. The van der Waals surface area contributed by atoms with Gasteiger partial charge in [-0.05, 0) is 38.1 Å². The maximum Gasteiger partial charge on any atom is 0.170 e. The van der Waals surface area contributed by atoms with Crippen LogP contribution in [0.3, 0.4) is 0 Å². The van der Waals surface area contributed by atoms with Gasteiger partial charge in [0.05, 0.1) is 0 Å². The lowest BCUT2D eigenvalue weighted by atomic mass is 10.0. The zero-order chi connectivity index (χ0) is 15.8. The molecule has 4 N–H and O–H groups in total. The van der Waals surface area contributed by atoms with Crippen LogP contribution in [0.15, 0.2) is 29.4 Å². The van der Waals surface area contributed by atoms with Gasteiger partial charge in [0.15, 0.2) is 5.84 Å². The van der Waals surface area contributed by atoms with Gasteiger partial charge in [-0.1, -0.05) is 37.2 Å². The van der Waals surface area contributed by atoms with Crippen LogP contribution < -0.4 is 11.1 Å². The van der Waals surface area contributed by atoms with E-state index in [9.17, 15) is 0 Å². The van der Waals surface area contributed by atoms with Crippen LogP contribution in [0.5, 0.6) is 0 Å². The zero-order valence-electron chi connectivity index (χ0n) is 13.5. The van der Waals surface area contributed by atoms with Crippen molar-refractivity contribution >= 4 is 5.84 Å². The quantitative estimate of drug-likeness (QED) is 0.296. The highest BCUT2D eigenvalue weighted by atomic mass is 16.4. The standard InChI is InChI=1S/C16H28N4O/c1-12(2)8-15(11-20(3)4)18-10-13-6-5-7-14(9-13)16(17)19-21/h5-7,9,12,15,18,21H,8,10-11H2,1-4H3,(H2,17,19). The highest BCUT2D eigenvalue weighted by molar-refractivity contribution is 5.97. The normalized spacial score (nSPS) is 13.9. The summed E-state index contributed by atoms with van der Waals surface area (Å²) >= 11 is 0. The molecular formula is C16H28N4O. The molecule has 1 aromatic carbocycles. The molecule has 0 heterocycles. The fraction of sp³-hybridized carbons (Fsp3) is 0.562. The van der Waals surface area contributed by atoms with E-state index in [1.807, 2.05) is 24.3 Å². The Bertz CT molecular complexity index is 447. The highest BCUT2D eigenvalue weighted by Gasteiger charge is 2.11. The Kier molecular flexibility index (Phi) is 7.19. The van der Waals surface area contributed by atoms with Crippen LogP contribution in [-0.4, -0.2) is 42.6 Å². The van der Waals surface area contributed by atoms with E-state index in [1.54, 1.807) is 0 Å². The predicted molar refractivity (Wildman–Crippen MR) is 87.6 cm³/mol. The van der Waals surface area contributed by atoms with E-state index in [0.717, 1.165) is 30.6 Å². The Balaban J connectivity index is 2.66. The summed E-state index contributed by atoms with van der Waals surface area (Å²) in [5.74, 6) is 0.801. The first kappa shape index (κ1) is 17.5. The minimum atomic E-state index is 0.142. The molecule has 0 aliphatic heterocycles. The first-order chi connectivity index (χ1) is 9.92. The number of nitrogens with two attached hydrogens (primary N) is 1. The van der Waals surface area contributed by atoms with Gasteiger partial charge < -0.3 is 21.2 Å². The van der Waals surface area contributed by atoms with E-state index in [4.69, 9.17) is 10.9 Å². The topological polar surface area (TPSA) is 73.9 Å². The van der Waals surface area contributed by atoms with Gasteiger partial charge in [0.2, 0.25) is 0 Å². The summed E-state index contributed by atoms with van der Waals surface area (Å²) in [7, 11) is 4.18. The summed E-state index contributed by atoms with van der Waals surface area (Å²) in [6, 6.07) is 8.21. The zero-order valence-corrected chi connectivity index (χ0v) is 13.5. The first-order valence-corrected chi connectivity index (χ1v) is 7.37. The van der Waals surface area contributed by atoms with Crippen molar-refractivity contribution in [1.82, 2.24) is 10.2 Å². The second-order valence-electron chi connectivity index (χ2n) is 6.16. The SMILES string of the molecule is CC(C)CC(CN(C)C)NCc1cccc(C(N)=NO)c1. The molecule has 0 amide bonds. The molecule has 118 valence electrons. The Morgan fingerprint density at radius 1 is 1.38 bits per heavy atom. The van der Waals surface area contributed by atoms with Crippen LogP contribution >= 0.6 is 0 Å². The van der Waals surface area contributed by atoms with Crippen LogP contribution in [0.25, 0.3) is 0 Å². The number of hydrogen-bond donors (Lipinski definition) is 3. The molecule has 1 atom stereocenters. The van der Waals surface area contributed by atoms with Crippen molar-refractivity contribution in [3.8, 4) is 0 Å². The lowest BCUT2D eigenvalue weighted by molar-refractivity contribution is 0.305. The minimum absolute atomic E-state index is 0.142. The molecule has 1 rings (SSSR count). The van der Waals surface area contributed by atoms with Gasteiger partial charge in [-0.3, -0.25) is 0 Å². The number of amidine groups is 1. The molecule has 0 fully saturated rings. The van der Waals surface area contributed by atoms with E-state index in [0.29, 0.717) is 12.0 Å². The maximum absolute atomic E-state index is 8.74. The molecule has 0 bridgehead atoms. The van der Waals surface area contributed by atoms with Crippen molar-refractivity contribution in [1.29, 1.82) is 0 Å². The van der Waals surface area contributed by atoms with Gasteiger partial charge in [0, 0.05) is 24.7 Å². The number of nitrogens with one attached hydrogen (secondary N) is 1. The van der Waals surface area contributed by atoms with E-state index >= 15 is 0 Å². The summed E-state index contributed by atoms with van der Waals surface area (Å²) in [5, 5.41) is 15.4. The summed E-state index contributed by atoms with van der Waals surface area (Å²) < 4.78 is 0. The number of hydrogen-bond acceptors (Lipinski definition) is 4. The molecule has 1 aromatic rings. The summed E-state index contributed by atoms with van der Waals surface area (Å²) in [4.78, 5) is 2.20. The number of benzene rings is 1. The van der Waals surface area contributed by atoms with Crippen LogP contribution in [-0.2, 0) is 6.54 Å². The Labute approximate surface area is 127 Å². The second-order valence-corrected chi connectivity index (χ2v) is 6.16. The van der Waals surface area contributed by atoms with Gasteiger partial charge >= 0.3 is 0 Å². The van der Waals surface area contributed by atoms with Crippen molar-refractivity contribution in [2.24, 2.45) is 16.8 Å². The fourth-order valence-electron chi connectivity index (χ4n) is 2.39. The van der Waals surface area contributed by atoms with Gasteiger partial charge in [0.1, 0.15) is 0 Å². The van der Waals surface area contributed by atoms with E-state index in [-0.39, 0.29) is 5.84 Å². The number of nitrogens with zero attached hydrogens (tertiary/aromatic N) is 2. The first-order valence-electron chi connectivity index (χ1n) is 7.37. The number of likely N-dealkylation sites (N-methyl/N-ethyl adjacent to an activating group) is 1. The van der Waals surface area contributed by atoms with Crippen molar-refractivity contribution in [3.63, 3.8) is 0 Å². The Morgan fingerprint density at radius 3 is 2.67 bits per heavy atom. The summed E-state index contributed by atoms with van der Waals surface area (Å²) in [6.07, 6.45) is 1.14. The molecule has 0 radical (unpaired) electrons. The molecular weight excluding hydrogens is 264 g/mol. The Morgan fingerprint density at radius 2 is 2.10 bits per heavy atom. The van der Waals surface area contributed by atoms with Crippen LogP contribution in [0.4, 0.5) is 0 Å². The summed E-state index contributed by atoms with van der Waals surface area (Å²) in [5.41, 5.74) is 7.50. The predicted octanol–water partition coefficient (Wildman–Crippen LogP) is 1.85. The monoisotopic (exact) mass is 292 g/mol. The van der Waals surface area contributed by atoms with Crippen molar-refractivity contribution < 1.29 is 5.21 Å². The lowest BCUT2D eigenvalue weighted by Gasteiger charge is -2.24. The van der Waals surface area contributed by atoms with Gasteiger partial charge in [0.25, 0.3) is 0 Å². The average Bonchev–Trinajstić information content (AvgIpc) is 2.43. The second kappa shape index (κ2) is 8.64. The van der Waals surface area contributed by atoms with Crippen LogP contribution in [0, 0.1) is 5.92 Å². The van der Waals surface area contributed by atoms with Crippen molar-refractivity contribution in [2.45, 2.75) is 32.9 Å². The molecule has 0 saturated carbocycles. The van der Waals surface area contributed by atoms with Gasteiger partial charge in [-0.25, -0.2) is 0 Å². The molecule has 1 unspecified atom stereocenters. The fourth-order valence-corrected chi connectivity index (χ4v) is 2.39. The number of rotatable bonds is 8. The molecule has 5 nitrogen and oxygen atoms in total. The van der Waals surface area contributed by atoms with Gasteiger partial charge in [-0.2, -0.15) is 0 Å². The maximum atomic E-state index is 8.74. The minimum Gasteiger partial charge on any atom is -0.409 e. The third-order valence-corrected chi connectivity index (χ3v) is 3.27. The van der Waals surface area contributed by atoms with Crippen molar-refractivity contribution in [3.05, 3.63) is 35.4 Å².